The molecule has 1 saturated heterocycles. The Kier molecular flexibility index (Phi) is 7.10. The number of alkyl halides is 1. The topological polar surface area (TPSA) is 115 Å². The number of anilines is 3. The van der Waals surface area contributed by atoms with E-state index in [1.807, 2.05) is 17.7 Å². The van der Waals surface area contributed by atoms with Crippen molar-refractivity contribution in [2.75, 3.05) is 36.9 Å². The number of aromatic nitrogens is 6. The molecule has 1 aliphatic carbocycles. The lowest BCUT2D eigenvalue weighted by Gasteiger charge is -2.23. The van der Waals surface area contributed by atoms with Gasteiger partial charge in [0.25, 0.3) is 0 Å². The van der Waals surface area contributed by atoms with Crippen LogP contribution in [0.4, 0.5) is 22.0 Å². The summed E-state index contributed by atoms with van der Waals surface area (Å²) >= 11 is 0. The van der Waals surface area contributed by atoms with Crippen LogP contribution in [0.3, 0.4) is 0 Å². The lowest BCUT2D eigenvalue weighted by atomic mass is 9.91. The predicted octanol–water partition coefficient (Wildman–Crippen LogP) is 4.96. The average molecular weight is 562 g/mol. The van der Waals surface area contributed by atoms with Gasteiger partial charge in [-0.15, -0.1) is 0 Å². The number of nitrogens with one attached hydrogen (secondary N) is 2. The Morgan fingerprint density at radius 3 is 2.71 bits per heavy atom. The van der Waals surface area contributed by atoms with Gasteiger partial charge in [0, 0.05) is 68.1 Å². The van der Waals surface area contributed by atoms with Crippen molar-refractivity contribution in [3.63, 3.8) is 0 Å². The van der Waals surface area contributed by atoms with Crippen LogP contribution in [0.25, 0.3) is 11.2 Å². The first-order valence-electron chi connectivity index (χ1n) is 14.1. The smallest absolute Gasteiger partial charge is 0.228 e. The van der Waals surface area contributed by atoms with E-state index in [-0.39, 0.29) is 30.0 Å². The van der Waals surface area contributed by atoms with Crippen LogP contribution in [0.15, 0.2) is 36.7 Å². The number of amides is 1. The van der Waals surface area contributed by atoms with Gasteiger partial charge in [0.05, 0.1) is 17.8 Å². The number of hydrogen-bond donors (Lipinski definition) is 2. The molecule has 4 aromatic rings. The Morgan fingerprint density at radius 1 is 1.12 bits per heavy atom. The minimum atomic E-state index is -0.333. The van der Waals surface area contributed by atoms with Crippen LogP contribution in [-0.2, 0) is 17.3 Å². The van der Waals surface area contributed by atoms with Gasteiger partial charge in [0.1, 0.15) is 24.0 Å². The molecule has 1 saturated carbocycles. The van der Waals surface area contributed by atoms with Gasteiger partial charge in [0.15, 0.2) is 11.5 Å². The van der Waals surface area contributed by atoms with Crippen molar-refractivity contribution in [3.05, 3.63) is 42.4 Å². The molecule has 0 aromatic carbocycles. The quantitative estimate of drug-likeness (QED) is 0.295. The van der Waals surface area contributed by atoms with E-state index in [1.165, 1.54) is 0 Å². The van der Waals surface area contributed by atoms with Gasteiger partial charge in [-0.2, -0.15) is 10.1 Å². The normalized spacial score (nSPS) is 17.7. The molecule has 4 aromatic heterocycles. The Hall–Kier alpha value is -4.06. The Balaban J connectivity index is 1.21. The summed E-state index contributed by atoms with van der Waals surface area (Å²) in [6.45, 7) is 8.31. The minimum absolute atomic E-state index is 0.00545. The molecule has 5 heterocycles. The van der Waals surface area contributed by atoms with Crippen LogP contribution in [0.2, 0.25) is 0 Å². The first-order valence-corrected chi connectivity index (χ1v) is 14.1. The van der Waals surface area contributed by atoms with Crippen molar-refractivity contribution in [2.24, 2.45) is 13.0 Å². The molecule has 0 bridgehead atoms. The molecule has 12 heteroatoms. The third-order valence-corrected chi connectivity index (χ3v) is 7.62. The van der Waals surface area contributed by atoms with Gasteiger partial charge in [0.2, 0.25) is 11.9 Å². The number of hydrogen-bond acceptors (Lipinski definition) is 8. The van der Waals surface area contributed by atoms with E-state index in [1.54, 1.807) is 24.5 Å². The Morgan fingerprint density at radius 2 is 1.95 bits per heavy atom. The van der Waals surface area contributed by atoms with Gasteiger partial charge >= 0.3 is 0 Å². The number of halogens is 1. The molecular formula is C29H36FN9O2. The van der Waals surface area contributed by atoms with E-state index < -0.39 is 0 Å². The molecule has 1 aliphatic heterocycles. The van der Waals surface area contributed by atoms with Crippen molar-refractivity contribution in [1.29, 1.82) is 0 Å². The van der Waals surface area contributed by atoms with Gasteiger partial charge in [-0.25, -0.2) is 14.4 Å². The number of likely N-dealkylation sites (tertiary alicyclic amines) is 1. The SMILES string of the molecule is Cn1c(Nc2cc(C(C)(C)C)n(C3CCN(CCF)C3)n2)nc2ncc(Oc3ccnc(NC(=O)C4CC4)c3)cc21. The second kappa shape index (κ2) is 10.7. The summed E-state index contributed by atoms with van der Waals surface area (Å²) in [6, 6.07) is 7.58. The van der Waals surface area contributed by atoms with Gasteiger partial charge in [-0.3, -0.25) is 14.4 Å². The number of carbonyl (C=O) groups excluding carboxylic acids is 1. The van der Waals surface area contributed by atoms with E-state index >= 15 is 0 Å². The zero-order valence-corrected chi connectivity index (χ0v) is 23.9. The number of fused-ring (bicyclic) bond motifs is 1. The highest BCUT2D eigenvalue weighted by Crippen LogP contribution is 2.33. The second-order valence-corrected chi connectivity index (χ2v) is 11.9. The van der Waals surface area contributed by atoms with Crippen LogP contribution in [-0.4, -0.2) is 66.4 Å². The number of rotatable bonds is 9. The number of nitrogens with zero attached hydrogens (tertiary/aromatic N) is 7. The summed E-state index contributed by atoms with van der Waals surface area (Å²) in [5.74, 6) is 2.94. The third kappa shape index (κ3) is 5.88. The standard InChI is InChI=1S/C29H36FN9O2/c1-29(2,3)23-15-25(36-39(23)19-8-11-38(17-19)12-9-30)34-28-35-26-22(37(28)4)13-21(16-32-26)41-20-7-10-31-24(14-20)33-27(40)18-5-6-18/h7,10,13-16,18-19H,5-6,8-9,11-12,17H2,1-4H3,(H,31,33,40)(H,32,34,35,36). The Bertz CT molecular complexity index is 1570. The van der Waals surface area contributed by atoms with Crippen molar-refractivity contribution < 1.29 is 13.9 Å². The molecule has 0 spiro atoms. The van der Waals surface area contributed by atoms with Gasteiger partial charge in [-0.1, -0.05) is 20.8 Å². The maximum Gasteiger partial charge on any atom is 0.228 e. The van der Waals surface area contributed by atoms with Crippen molar-refractivity contribution in [3.8, 4) is 11.5 Å². The number of ether oxygens (including phenoxy) is 1. The maximum atomic E-state index is 12.9. The molecular weight excluding hydrogens is 525 g/mol. The van der Waals surface area contributed by atoms with E-state index in [2.05, 4.69) is 62.0 Å². The van der Waals surface area contributed by atoms with Crippen molar-refractivity contribution in [2.45, 2.75) is 51.5 Å². The molecule has 6 rings (SSSR count). The van der Waals surface area contributed by atoms with Crippen LogP contribution < -0.4 is 15.4 Å². The molecule has 11 nitrogen and oxygen atoms in total. The summed E-state index contributed by atoms with van der Waals surface area (Å²) in [6.07, 6.45) is 6.02. The summed E-state index contributed by atoms with van der Waals surface area (Å²) in [5, 5.41) is 11.2. The zero-order chi connectivity index (χ0) is 28.7. The zero-order valence-electron chi connectivity index (χ0n) is 23.9. The molecule has 2 aliphatic rings. The highest BCUT2D eigenvalue weighted by atomic mass is 19.1. The highest BCUT2D eigenvalue weighted by Gasteiger charge is 2.31. The lowest BCUT2D eigenvalue weighted by molar-refractivity contribution is -0.117. The molecule has 2 N–H and O–H groups in total. The van der Waals surface area contributed by atoms with E-state index in [4.69, 9.17) is 9.84 Å². The molecule has 41 heavy (non-hydrogen) atoms. The van der Waals surface area contributed by atoms with Crippen molar-refractivity contribution in [1.82, 2.24) is 34.2 Å². The molecule has 1 atom stereocenters. The maximum absolute atomic E-state index is 12.9. The minimum Gasteiger partial charge on any atom is -0.455 e. The molecule has 1 amide bonds. The average Bonchev–Trinajstić information content (AvgIpc) is 3.41. The van der Waals surface area contributed by atoms with Gasteiger partial charge < -0.3 is 19.9 Å². The van der Waals surface area contributed by atoms with E-state index in [0.29, 0.717) is 41.3 Å². The summed E-state index contributed by atoms with van der Waals surface area (Å²) < 4.78 is 23.0. The number of carbonyl (C=O) groups is 1. The second-order valence-electron chi connectivity index (χ2n) is 11.9. The predicted molar refractivity (Wildman–Crippen MR) is 154 cm³/mol. The fourth-order valence-corrected chi connectivity index (χ4v) is 5.21. The fraction of sp³-hybridized carbons (Fsp3) is 0.483. The number of pyridine rings is 2. The molecule has 216 valence electrons. The molecule has 1 unspecified atom stereocenters. The molecule has 0 radical (unpaired) electrons. The summed E-state index contributed by atoms with van der Waals surface area (Å²) in [4.78, 5) is 27.7. The largest absolute Gasteiger partial charge is 0.455 e. The van der Waals surface area contributed by atoms with Crippen LogP contribution in [0.5, 0.6) is 11.5 Å². The van der Waals surface area contributed by atoms with E-state index in [9.17, 15) is 9.18 Å². The van der Waals surface area contributed by atoms with Crippen LogP contribution in [0.1, 0.15) is 51.8 Å². The summed E-state index contributed by atoms with van der Waals surface area (Å²) in [5.41, 5.74) is 2.36. The fourth-order valence-electron chi connectivity index (χ4n) is 5.21. The van der Waals surface area contributed by atoms with Crippen LogP contribution in [0, 0.1) is 5.92 Å². The monoisotopic (exact) mass is 561 g/mol. The first-order chi connectivity index (χ1) is 19.7. The number of aryl methyl sites for hydroxylation is 1. The summed E-state index contributed by atoms with van der Waals surface area (Å²) in [7, 11) is 1.91. The Labute approximate surface area is 238 Å². The van der Waals surface area contributed by atoms with Crippen molar-refractivity contribution >= 4 is 34.7 Å². The lowest BCUT2D eigenvalue weighted by Crippen LogP contribution is -2.26. The van der Waals surface area contributed by atoms with E-state index in [0.717, 1.165) is 43.6 Å². The van der Waals surface area contributed by atoms with Gasteiger partial charge in [-0.05, 0) is 25.3 Å². The molecule has 2 fully saturated rings. The number of imidazole rings is 1. The van der Waals surface area contributed by atoms with Crippen LogP contribution >= 0.6 is 0 Å². The highest BCUT2D eigenvalue weighted by molar-refractivity contribution is 5.93. The first kappa shape index (κ1) is 27.1. The third-order valence-electron chi connectivity index (χ3n) is 7.62.